The van der Waals surface area contributed by atoms with E-state index in [2.05, 4.69) is 37.7 Å². The number of aromatic nitrogens is 3. The molecule has 3 aromatic rings. The van der Waals surface area contributed by atoms with Crippen LogP contribution in [0, 0.1) is 0 Å². The zero-order valence-electron chi connectivity index (χ0n) is 12.3. The van der Waals surface area contributed by atoms with E-state index in [1.165, 1.54) is 5.56 Å². The zero-order valence-corrected chi connectivity index (χ0v) is 12.3. The van der Waals surface area contributed by atoms with Crippen molar-refractivity contribution in [3.05, 3.63) is 66.5 Å². The third-order valence-corrected chi connectivity index (χ3v) is 3.24. The number of nitrogens with one attached hydrogen (secondary N) is 2. The molecule has 2 aromatic heterocycles. The van der Waals surface area contributed by atoms with Gasteiger partial charge in [0.15, 0.2) is 0 Å². The lowest BCUT2D eigenvalue weighted by Gasteiger charge is -2.10. The Bertz CT molecular complexity index is 729. The smallest absolute Gasteiger partial charge is 0.224 e. The van der Waals surface area contributed by atoms with Crippen LogP contribution in [0.2, 0.25) is 0 Å². The summed E-state index contributed by atoms with van der Waals surface area (Å²) < 4.78 is 0. The van der Waals surface area contributed by atoms with Crippen molar-refractivity contribution in [2.24, 2.45) is 0 Å². The first kappa shape index (κ1) is 14.0. The lowest BCUT2D eigenvalue weighted by molar-refractivity contribution is 1.08. The Kier molecular flexibility index (Phi) is 4.25. The van der Waals surface area contributed by atoms with E-state index in [0.717, 1.165) is 23.6 Å². The fourth-order valence-electron chi connectivity index (χ4n) is 2.11. The standard InChI is InChI=1S/C17H17N5/c1-18-17-21-15(14-7-9-19-10-8-14)11-16(22-17)20-12-13-5-3-2-4-6-13/h2-11H,12H2,1H3,(H2,18,20,21,22). The van der Waals surface area contributed by atoms with Gasteiger partial charge < -0.3 is 10.6 Å². The molecule has 0 unspecified atom stereocenters. The molecule has 0 radical (unpaired) electrons. The van der Waals surface area contributed by atoms with Crippen LogP contribution in [0.15, 0.2) is 60.9 Å². The molecule has 0 spiro atoms. The molecule has 1 aromatic carbocycles. The first-order valence-electron chi connectivity index (χ1n) is 7.10. The molecule has 0 bridgehead atoms. The normalized spacial score (nSPS) is 10.2. The molecule has 0 aliphatic heterocycles. The summed E-state index contributed by atoms with van der Waals surface area (Å²) in [7, 11) is 1.81. The van der Waals surface area contributed by atoms with Gasteiger partial charge in [-0.25, -0.2) is 4.98 Å². The monoisotopic (exact) mass is 291 g/mol. The summed E-state index contributed by atoms with van der Waals surface area (Å²) in [5.74, 6) is 1.37. The number of hydrogen-bond donors (Lipinski definition) is 2. The highest BCUT2D eigenvalue weighted by atomic mass is 15.1. The molecule has 0 fully saturated rings. The number of rotatable bonds is 5. The summed E-state index contributed by atoms with van der Waals surface area (Å²) >= 11 is 0. The van der Waals surface area contributed by atoms with Gasteiger partial charge in [-0.1, -0.05) is 30.3 Å². The van der Waals surface area contributed by atoms with E-state index < -0.39 is 0 Å². The first-order valence-corrected chi connectivity index (χ1v) is 7.10. The van der Waals surface area contributed by atoms with Crippen LogP contribution in [0.1, 0.15) is 5.56 Å². The lowest BCUT2D eigenvalue weighted by atomic mass is 10.2. The molecule has 0 aliphatic carbocycles. The van der Waals surface area contributed by atoms with Gasteiger partial charge in [0, 0.05) is 37.6 Å². The van der Waals surface area contributed by atoms with Crippen molar-refractivity contribution in [2.45, 2.75) is 6.54 Å². The molecule has 0 saturated heterocycles. The molecule has 0 aliphatic rings. The third kappa shape index (κ3) is 3.38. The van der Waals surface area contributed by atoms with Gasteiger partial charge in [-0.2, -0.15) is 4.98 Å². The molecular formula is C17H17N5. The number of anilines is 2. The van der Waals surface area contributed by atoms with Crippen LogP contribution in [0.5, 0.6) is 0 Å². The largest absolute Gasteiger partial charge is 0.366 e. The van der Waals surface area contributed by atoms with Crippen molar-refractivity contribution >= 4 is 11.8 Å². The van der Waals surface area contributed by atoms with Crippen molar-refractivity contribution < 1.29 is 0 Å². The van der Waals surface area contributed by atoms with E-state index in [1.807, 2.05) is 43.4 Å². The topological polar surface area (TPSA) is 62.7 Å². The van der Waals surface area contributed by atoms with Gasteiger partial charge in [0.1, 0.15) is 5.82 Å². The van der Waals surface area contributed by atoms with E-state index in [4.69, 9.17) is 0 Å². The highest BCUT2D eigenvalue weighted by Gasteiger charge is 2.05. The van der Waals surface area contributed by atoms with Crippen molar-refractivity contribution in [1.29, 1.82) is 0 Å². The zero-order chi connectivity index (χ0) is 15.2. The van der Waals surface area contributed by atoms with Gasteiger partial charge in [0.2, 0.25) is 5.95 Å². The SMILES string of the molecule is CNc1nc(NCc2ccccc2)cc(-c2ccncc2)n1. The van der Waals surface area contributed by atoms with E-state index in [1.54, 1.807) is 12.4 Å². The van der Waals surface area contributed by atoms with Gasteiger partial charge in [-0.3, -0.25) is 4.98 Å². The van der Waals surface area contributed by atoms with Crippen molar-refractivity contribution in [3.8, 4) is 11.3 Å². The van der Waals surface area contributed by atoms with Gasteiger partial charge >= 0.3 is 0 Å². The van der Waals surface area contributed by atoms with E-state index in [-0.39, 0.29) is 0 Å². The Morgan fingerprint density at radius 2 is 1.73 bits per heavy atom. The van der Waals surface area contributed by atoms with Gasteiger partial charge in [-0.05, 0) is 17.7 Å². The quantitative estimate of drug-likeness (QED) is 0.756. The Labute approximate surface area is 129 Å². The Morgan fingerprint density at radius 1 is 0.955 bits per heavy atom. The summed E-state index contributed by atoms with van der Waals surface area (Å²) in [5, 5.41) is 6.34. The highest BCUT2D eigenvalue weighted by molar-refractivity contribution is 5.63. The summed E-state index contributed by atoms with van der Waals surface area (Å²) in [4.78, 5) is 13.0. The molecule has 5 heteroatoms. The van der Waals surface area contributed by atoms with Crippen molar-refractivity contribution in [1.82, 2.24) is 15.0 Å². The van der Waals surface area contributed by atoms with Crippen LogP contribution in [0.4, 0.5) is 11.8 Å². The maximum atomic E-state index is 4.49. The van der Waals surface area contributed by atoms with E-state index in [0.29, 0.717) is 5.95 Å². The molecule has 22 heavy (non-hydrogen) atoms. The second-order valence-corrected chi connectivity index (χ2v) is 4.79. The average molecular weight is 291 g/mol. The van der Waals surface area contributed by atoms with Crippen molar-refractivity contribution in [2.75, 3.05) is 17.7 Å². The molecule has 2 N–H and O–H groups in total. The molecule has 2 heterocycles. The predicted octanol–water partition coefficient (Wildman–Crippen LogP) is 3.19. The molecule has 0 amide bonds. The average Bonchev–Trinajstić information content (AvgIpc) is 2.61. The molecule has 3 rings (SSSR count). The summed E-state index contributed by atoms with van der Waals surface area (Å²) in [6.07, 6.45) is 3.52. The summed E-state index contributed by atoms with van der Waals surface area (Å²) in [6, 6.07) is 16.0. The fourth-order valence-corrected chi connectivity index (χ4v) is 2.11. The first-order chi connectivity index (χ1) is 10.8. The highest BCUT2D eigenvalue weighted by Crippen LogP contribution is 2.21. The number of nitrogens with zero attached hydrogens (tertiary/aromatic N) is 3. The maximum Gasteiger partial charge on any atom is 0.224 e. The minimum Gasteiger partial charge on any atom is -0.366 e. The van der Waals surface area contributed by atoms with Crippen LogP contribution in [0.3, 0.4) is 0 Å². The molecule has 110 valence electrons. The van der Waals surface area contributed by atoms with Gasteiger partial charge in [0.05, 0.1) is 5.69 Å². The Balaban J connectivity index is 1.85. The molecule has 5 nitrogen and oxygen atoms in total. The number of pyridine rings is 1. The van der Waals surface area contributed by atoms with E-state index in [9.17, 15) is 0 Å². The van der Waals surface area contributed by atoms with Crippen LogP contribution in [0.25, 0.3) is 11.3 Å². The van der Waals surface area contributed by atoms with Crippen LogP contribution in [-0.4, -0.2) is 22.0 Å². The summed E-state index contributed by atoms with van der Waals surface area (Å²) in [5.41, 5.74) is 3.08. The predicted molar refractivity (Wildman–Crippen MR) is 88.6 cm³/mol. The second kappa shape index (κ2) is 6.67. The maximum absolute atomic E-state index is 4.49. The van der Waals surface area contributed by atoms with Gasteiger partial charge in [0.25, 0.3) is 0 Å². The Hall–Kier alpha value is -2.95. The van der Waals surface area contributed by atoms with Crippen LogP contribution >= 0.6 is 0 Å². The third-order valence-electron chi connectivity index (χ3n) is 3.24. The molecule has 0 saturated carbocycles. The lowest BCUT2D eigenvalue weighted by Crippen LogP contribution is -2.05. The van der Waals surface area contributed by atoms with E-state index >= 15 is 0 Å². The number of hydrogen-bond acceptors (Lipinski definition) is 5. The minimum absolute atomic E-state index is 0.588. The van der Waals surface area contributed by atoms with Crippen LogP contribution in [-0.2, 0) is 6.54 Å². The minimum atomic E-state index is 0.588. The summed E-state index contributed by atoms with van der Waals surface area (Å²) in [6.45, 7) is 0.719. The van der Waals surface area contributed by atoms with Crippen LogP contribution < -0.4 is 10.6 Å². The van der Waals surface area contributed by atoms with Gasteiger partial charge in [-0.15, -0.1) is 0 Å². The van der Waals surface area contributed by atoms with Crippen molar-refractivity contribution in [3.63, 3.8) is 0 Å². The number of benzene rings is 1. The molecule has 0 atom stereocenters. The second-order valence-electron chi connectivity index (χ2n) is 4.79. The fraction of sp³-hybridized carbons (Fsp3) is 0.118. The Morgan fingerprint density at radius 3 is 2.45 bits per heavy atom. The molecular weight excluding hydrogens is 274 g/mol.